The number of carbonyl (C=O) groups is 3. The normalized spacial score (nSPS) is 10.2. The van der Waals surface area contributed by atoms with Gasteiger partial charge in [-0.15, -0.1) is 17.3 Å². The molecule has 2 N–H and O–H groups in total. The van der Waals surface area contributed by atoms with Crippen LogP contribution >= 0.6 is 0 Å². The zero-order valence-corrected chi connectivity index (χ0v) is 15.8. The molecule has 0 saturated heterocycles. The summed E-state index contributed by atoms with van der Waals surface area (Å²) < 4.78 is 0. The quantitative estimate of drug-likeness (QED) is 0.286. The van der Waals surface area contributed by atoms with E-state index in [1.807, 2.05) is 0 Å². The van der Waals surface area contributed by atoms with E-state index in [0.717, 1.165) is 18.2 Å². The van der Waals surface area contributed by atoms with Crippen LogP contribution in [0.4, 0.5) is 0 Å². The van der Waals surface area contributed by atoms with Gasteiger partial charge in [0.05, 0.1) is 0 Å². The van der Waals surface area contributed by atoms with Crippen LogP contribution in [0.25, 0.3) is 0 Å². The summed E-state index contributed by atoms with van der Waals surface area (Å²) in [6.07, 6.45) is 3.17. The van der Waals surface area contributed by atoms with Crippen LogP contribution in [0.2, 0.25) is 0 Å². The molecule has 0 aromatic heterocycles. The van der Waals surface area contributed by atoms with Crippen molar-refractivity contribution in [3.63, 3.8) is 0 Å². The van der Waals surface area contributed by atoms with Crippen LogP contribution in [-0.4, -0.2) is 27.9 Å². The second-order valence-corrected chi connectivity index (χ2v) is 4.10. The van der Waals surface area contributed by atoms with E-state index in [9.17, 15) is 29.7 Å². The van der Waals surface area contributed by atoms with Crippen LogP contribution < -0.4 is 15.3 Å². The second kappa shape index (κ2) is 23.3. The van der Waals surface area contributed by atoms with Crippen LogP contribution in [0.3, 0.4) is 0 Å². The van der Waals surface area contributed by atoms with Gasteiger partial charge in [-0.2, -0.15) is 0 Å². The van der Waals surface area contributed by atoms with Gasteiger partial charge >= 0.3 is 17.4 Å². The fourth-order valence-electron chi connectivity index (χ4n) is 0.859. The van der Waals surface area contributed by atoms with E-state index in [4.69, 9.17) is 10.5 Å². The largest absolute Gasteiger partial charge is 3.00 e. The van der Waals surface area contributed by atoms with E-state index in [1.165, 1.54) is 41.5 Å². The van der Waals surface area contributed by atoms with Gasteiger partial charge in [-0.3, -0.25) is 24.9 Å². The average molecular weight is 383 g/mol. The number of hydrogen-bond donors (Lipinski definition) is 2. The monoisotopic (exact) mass is 383 g/mol. The number of allylic oxidation sites excluding steroid dienone is 6. The molecule has 0 bridgehead atoms. The first-order chi connectivity index (χ1) is 10.4. The molecule has 24 heavy (non-hydrogen) atoms. The molecule has 0 amide bonds. The molecular weight excluding hydrogens is 360 g/mol. The summed E-state index contributed by atoms with van der Waals surface area (Å²) in [6.45, 7) is 8.09. The Hall–Kier alpha value is -1.92. The number of carbonyl (C=O) groups excluding carboxylic acids is 3. The van der Waals surface area contributed by atoms with E-state index in [0.29, 0.717) is 0 Å². The minimum Gasteiger partial charge on any atom is -0.876 e. The minimum absolute atomic E-state index is 0. The molecule has 0 heterocycles. The van der Waals surface area contributed by atoms with Gasteiger partial charge in [-0.05, 0) is 39.0 Å². The Bertz CT molecular complexity index is 372. The number of rotatable bonds is 3. The van der Waals surface area contributed by atoms with E-state index in [1.54, 1.807) is 0 Å². The van der Waals surface area contributed by atoms with Crippen molar-refractivity contribution in [1.29, 1.82) is 0 Å². The average Bonchev–Trinajstić information content (AvgIpc) is 2.26. The first-order valence-electron chi connectivity index (χ1n) is 6.16. The number of hydrogen-bond acceptors (Lipinski definition) is 8. The topological polar surface area (TPSA) is 161 Å². The van der Waals surface area contributed by atoms with E-state index < -0.39 is 0 Å². The Labute approximate surface area is 152 Å². The summed E-state index contributed by atoms with van der Waals surface area (Å²) in [5.41, 5.74) is 0. The van der Waals surface area contributed by atoms with Gasteiger partial charge in [0.15, 0.2) is 17.3 Å². The summed E-state index contributed by atoms with van der Waals surface area (Å²) in [7, 11) is 0. The summed E-state index contributed by atoms with van der Waals surface area (Å²) in [4.78, 5) is 29.9. The Morgan fingerprint density at radius 3 is 0.708 bits per heavy atom. The van der Waals surface area contributed by atoms with Crippen LogP contribution in [0.5, 0.6) is 0 Å². The molecule has 1 radical (unpaired) electrons. The van der Waals surface area contributed by atoms with E-state index >= 15 is 0 Å². The van der Waals surface area contributed by atoms with Gasteiger partial charge in [0.1, 0.15) is 0 Å². The van der Waals surface area contributed by atoms with E-state index in [-0.39, 0.29) is 52.0 Å². The molecule has 0 aliphatic carbocycles. The van der Waals surface area contributed by atoms with Crippen molar-refractivity contribution in [3.8, 4) is 0 Å². The SMILES string of the molecule is CC(=O)/C=C(/C)[O-].CC(=O)/C=C(/C)[O-].CC(=O)/C=C(/C)[O-].OO.[Cr+3]. The Kier molecular flexibility index (Phi) is 32.7. The predicted molar refractivity (Wildman–Crippen MR) is 78.6 cm³/mol. The minimum atomic E-state index is -0.187. The van der Waals surface area contributed by atoms with Crippen molar-refractivity contribution >= 4 is 17.3 Å². The molecule has 0 aromatic carbocycles. The van der Waals surface area contributed by atoms with E-state index in [2.05, 4.69) is 0 Å². The van der Waals surface area contributed by atoms with Crippen LogP contribution in [-0.2, 0) is 31.7 Å². The fraction of sp³-hybridized carbons (Fsp3) is 0.400. The Balaban J connectivity index is -0.0000000699. The van der Waals surface area contributed by atoms with Crippen LogP contribution in [0.1, 0.15) is 41.5 Å². The van der Waals surface area contributed by atoms with Crippen molar-refractivity contribution in [2.45, 2.75) is 41.5 Å². The maximum Gasteiger partial charge on any atom is 3.00 e. The smallest absolute Gasteiger partial charge is 0.876 e. The first kappa shape index (κ1) is 33.6. The van der Waals surface area contributed by atoms with Crippen molar-refractivity contribution in [1.82, 2.24) is 0 Å². The molecule has 137 valence electrons. The second-order valence-electron chi connectivity index (χ2n) is 4.10. The summed E-state index contributed by atoms with van der Waals surface area (Å²) >= 11 is 0. The van der Waals surface area contributed by atoms with Crippen molar-refractivity contribution in [2.75, 3.05) is 0 Å². The van der Waals surface area contributed by atoms with Crippen LogP contribution in [0, 0.1) is 0 Å². The third kappa shape index (κ3) is 71.9. The fourth-order valence-corrected chi connectivity index (χ4v) is 0.859. The molecule has 8 nitrogen and oxygen atoms in total. The molecule has 0 fully saturated rings. The molecule has 0 atom stereocenters. The summed E-state index contributed by atoms with van der Waals surface area (Å²) in [5, 5.41) is 41.9. The van der Waals surface area contributed by atoms with Gasteiger partial charge in [-0.25, -0.2) is 0 Å². The standard InChI is InChI=1S/3C5H8O2.Cr.H2O2/c3*1-4(6)3-5(2)7;;1-2/h3*3,6H,1-2H3;;1-2H/q;;;+3;/p-3/b3*4-3-;;. The van der Waals surface area contributed by atoms with Gasteiger partial charge in [0.25, 0.3) is 0 Å². The zero-order valence-electron chi connectivity index (χ0n) is 14.5. The van der Waals surface area contributed by atoms with Gasteiger partial charge in [0.2, 0.25) is 0 Å². The Morgan fingerprint density at radius 1 is 0.583 bits per heavy atom. The summed E-state index contributed by atoms with van der Waals surface area (Å²) in [5.74, 6) is -1.12. The molecular formula is C15H23CrO8. The van der Waals surface area contributed by atoms with Crippen molar-refractivity contribution in [2.24, 2.45) is 0 Å². The molecule has 0 rings (SSSR count). The third-order valence-electron chi connectivity index (χ3n) is 1.22. The molecule has 0 aromatic rings. The van der Waals surface area contributed by atoms with Gasteiger partial charge in [0, 0.05) is 0 Å². The molecule has 9 heteroatoms. The summed E-state index contributed by atoms with van der Waals surface area (Å²) in [6, 6.07) is 0. The Morgan fingerprint density at radius 2 is 0.708 bits per heavy atom. The third-order valence-corrected chi connectivity index (χ3v) is 1.22. The molecule has 0 aliphatic heterocycles. The first-order valence-corrected chi connectivity index (χ1v) is 6.16. The predicted octanol–water partition coefficient (Wildman–Crippen LogP) is -0.467. The molecule has 0 unspecified atom stereocenters. The van der Waals surface area contributed by atoms with Gasteiger partial charge in [-0.1, -0.05) is 20.8 Å². The number of ketones is 3. The van der Waals surface area contributed by atoms with Crippen molar-refractivity contribution in [3.05, 3.63) is 35.5 Å². The maximum atomic E-state index is 9.98. The molecule has 0 saturated carbocycles. The maximum absolute atomic E-state index is 9.98. The van der Waals surface area contributed by atoms with Crippen molar-refractivity contribution < 1.29 is 57.6 Å². The molecule has 0 aliphatic rings. The molecule has 0 spiro atoms. The zero-order chi connectivity index (χ0) is 19.6. The van der Waals surface area contributed by atoms with Crippen LogP contribution in [0.15, 0.2) is 35.5 Å². The van der Waals surface area contributed by atoms with Gasteiger partial charge < -0.3 is 15.3 Å².